The molecule has 1 heterocycles. The minimum atomic E-state index is -0.639. The molecule has 1 fully saturated rings. The Morgan fingerprint density at radius 2 is 1.64 bits per heavy atom. The molecule has 1 saturated heterocycles. The van der Waals surface area contributed by atoms with Gasteiger partial charge in [-0.1, -0.05) is 84.7 Å². The Bertz CT molecular complexity index is 424. The Labute approximate surface area is 161 Å². The predicted molar refractivity (Wildman–Crippen MR) is 112 cm³/mol. The lowest BCUT2D eigenvalue weighted by atomic mass is 9.95. The summed E-state index contributed by atoms with van der Waals surface area (Å²) in [5, 5.41) is 9.80. The topological polar surface area (TPSA) is 32.7 Å². The molecule has 1 N–H and O–H groups in total. The summed E-state index contributed by atoms with van der Waals surface area (Å²) in [6, 6.07) is 10.4. The highest BCUT2D eigenvalue weighted by Crippen LogP contribution is 2.27. The highest BCUT2D eigenvalue weighted by atomic mass is 32.1. The van der Waals surface area contributed by atoms with Gasteiger partial charge in [-0.15, -0.1) is 0 Å². The van der Waals surface area contributed by atoms with E-state index in [0.717, 1.165) is 25.3 Å². The third-order valence-corrected chi connectivity index (χ3v) is 4.41. The number of aliphatic hydroxyl groups excluding tert-OH is 1. The predicted octanol–water partition coefficient (Wildman–Crippen LogP) is 5.54. The van der Waals surface area contributed by atoms with E-state index in [-0.39, 0.29) is 18.1 Å². The molecule has 0 aromatic heterocycles. The normalized spacial score (nSPS) is 24.0. The van der Waals surface area contributed by atoms with Crippen molar-refractivity contribution in [3.8, 4) is 0 Å². The largest absolute Gasteiger partial charge is 0.368 e. The molecule has 3 nitrogen and oxygen atoms in total. The van der Waals surface area contributed by atoms with Gasteiger partial charge in [0.25, 0.3) is 0 Å². The van der Waals surface area contributed by atoms with Crippen molar-refractivity contribution in [3.63, 3.8) is 0 Å². The van der Waals surface area contributed by atoms with Crippen LogP contribution < -0.4 is 0 Å². The third kappa shape index (κ3) is 10.2. The first-order chi connectivity index (χ1) is 11.8. The molecule has 4 heteroatoms. The summed E-state index contributed by atoms with van der Waals surface area (Å²) in [5.74, 6) is 1.06. The van der Waals surface area contributed by atoms with Crippen molar-refractivity contribution >= 4 is 12.8 Å². The fourth-order valence-electron chi connectivity index (χ4n) is 2.41. The third-order valence-electron chi connectivity index (χ3n) is 3.90. The first-order valence-corrected chi connectivity index (χ1v) is 10.0. The first kappa shape index (κ1) is 24.5. The molecule has 1 aromatic rings. The summed E-state index contributed by atoms with van der Waals surface area (Å²) in [6.45, 7) is 15.4. The lowest BCUT2D eigenvalue weighted by Crippen LogP contribution is -2.44. The van der Waals surface area contributed by atoms with E-state index in [1.54, 1.807) is 0 Å². The van der Waals surface area contributed by atoms with Crippen molar-refractivity contribution in [3.05, 3.63) is 35.9 Å². The molecule has 0 bridgehead atoms. The maximum Gasteiger partial charge on any atom is 0.157 e. The van der Waals surface area contributed by atoms with Crippen LogP contribution in [0.5, 0.6) is 0 Å². The average molecular weight is 370 g/mol. The maximum atomic E-state index is 9.80. The lowest BCUT2D eigenvalue weighted by molar-refractivity contribution is -0.199. The monoisotopic (exact) mass is 369 g/mol. The van der Waals surface area contributed by atoms with E-state index < -0.39 is 6.29 Å². The van der Waals surface area contributed by atoms with Gasteiger partial charge in [0, 0.05) is 18.5 Å². The quantitative estimate of drug-likeness (QED) is 0.683. The van der Waals surface area contributed by atoms with Crippen LogP contribution in [0.25, 0.3) is 0 Å². The molecular formula is C21H39NO2S. The van der Waals surface area contributed by atoms with Crippen LogP contribution in [0.2, 0.25) is 0 Å². The molecule has 0 saturated carbocycles. The SMILES string of the molecule is CC.CC(C)C.CC1CCC(C(C)N(S)Cc2ccccc2)OC1O. The van der Waals surface area contributed by atoms with Crippen LogP contribution in [0.4, 0.5) is 0 Å². The lowest BCUT2D eigenvalue weighted by Gasteiger charge is -2.37. The Balaban J connectivity index is 0.000000845. The number of aliphatic hydroxyl groups is 1. The van der Waals surface area contributed by atoms with E-state index >= 15 is 0 Å². The van der Waals surface area contributed by atoms with Crippen molar-refractivity contribution < 1.29 is 9.84 Å². The van der Waals surface area contributed by atoms with Gasteiger partial charge in [0.1, 0.15) is 0 Å². The van der Waals surface area contributed by atoms with E-state index in [4.69, 9.17) is 4.74 Å². The number of benzene rings is 1. The van der Waals surface area contributed by atoms with Gasteiger partial charge in [0.05, 0.1) is 6.10 Å². The standard InChI is InChI=1S/C15H23NO2S.C4H10.C2H6/c1-11-8-9-14(18-15(11)17)12(2)16(19)10-13-6-4-3-5-7-13;1-4(2)3;1-2/h3-7,11-12,14-15,17,19H,8-10H2,1-2H3;4H,1-3H3;1-2H3. The van der Waals surface area contributed by atoms with Gasteiger partial charge in [-0.25, -0.2) is 4.31 Å². The van der Waals surface area contributed by atoms with Crippen molar-refractivity contribution in [1.82, 2.24) is 4.31 Å². The highest BCUT2D eigenvalue weighted by molar-refractivity contribution is 7.77. The first-order valence-electron chi connectivity index (χ1n) is 9.64. The number of rotatable bonds is 4. The fraction of sp³-hybridized carbons (Fsp3) is 0.714. The molecule has 146 valence electrons. The summed E-state index contributed by atoms with van der Waals surface area (Å²) in [6.07, 6.45) is 1.39. The Morgan fingerprint density at radius 1 is 1.12 bits per heavy atom. The van der Waals surface area contributed by atoms with Gasteiger partial charge < -0.3 is 9.84 Å². The summed E-state index contributed by atoms with van der Waals surface area (Å²) in [5.41, 5.74) is 1.23. The van der Waals surface area contributed by atoms with Crippen molar-refractivity contribution in [2.45, 2.75) is 86.3 Å². The van der Waals surface area contributed by atoms with Crippen LogP contribution in [-0.2, 0) is 11.3 Å². The van der Waals surface area contributed by atoms with Crippen LogP contribution in [0.3, 0.4) is 0 Å². The molecule has 0 amide bonds. The molecule has 1 aromatic carbocycles. The zero-order valence-electron chi connectivity index (χ0n) is 17.1. The molecule has 25 heavy (non-hydrogen) atoms. The molecule has 0 radical (unpaired) electrons. The van der Waals surface area contributed by atoms with Gasteiger partial charge in [0.2, 0.25) is 0 Å². The van der Waals surface area contributed by atoms with Crippen LogP contribution in [0, 0.1) is 11.8 Å². The minimum Gasteiger partial charge on any atom is -0.368 e. The van der Waals surface area contributed by atoms with Crippen LogP contribution in [-0.4, -0.2) is 27.8 Å². The number of nitrogens with zero attached hydrogens (tertiary/aromatic N) is 1. The van der Waals surface area contributed by atoms with Gasteiger partial charge in [-0.2, -0.15) is 0 Å². The summed E-state index contributed by atoms with van der Waals surface area (Å²) >= 11 is 4.57. The summed E-state index contributed by atoms with van der Waals surface area (Å²) in [4.78, 5) is 0. The van der Waals surface area contributed by atoms with E-state index in [9.17, 15) is 5.11 Å². The molecule has 2 rings (SSSR count). The van der Waals surface area contributed by atoms with E-state index in [1.807, 2.05) is 43.3 Å². The van der Waals surface area contributed by atoms with Crippen LogP contribution in [0.1, 0.15) is 66.9 Å². The van der Waals surface area contributed by atoms with Crippen LogP contribution in [0.15, 0.2) is 30.3 Å². The molecule has 4 atom stereocenters. The molecule has 1 aliphatic heterocycles. The van der Waals surface area contributed by atoms with Crippen molar-refractivity contribution in [2.75, 3.05) is 0 Å². The molecule has 1 aliphatic rings. The van der Waals surface area contributed by atoms with E-state index in [2.05, 4.69) is 52.6 Å². The molecule has 0 spiro atoms. The molecular weight excluding hydrogens is 330 g/mol. The Hall–Kier alpha value is -0.550. The number of ether oxygens (including phenoxy) is 1. The van der Waals surface area contributed by atoms with Crippen molar-refractivity contribution in [1.29, 1.82) is 0 Å². The number of hydrogen-bond donors (Lipinski definition) is 2. The summed E-state index contributed by atoms with van der Waals surface area (Å²) < 4.78 is 7.67. The number of thiol groups is 1. The van der Waals surface area contributed by atoms with Crippen molar-refractivity contribution in [2.24, 2.45) is 11.8 Å². The zero-order chi connectivity index (χ0) is 19.4. The molecule has 4 unspecified atom stereocenters. The van der Waals surface area contributed by atoms with Gasteiger partial charge in [-0.05, 0) is 31.2 Å². The molecule has 0 aliphatic carbocycles. The second-order valence-corrected chi connectivity index (χ2v) is 7.69. The smallest absolute Gasteiger partial charge is 0.157 e. The fourth-order valence-corrected chi connectivity index (χ4v) is 2.72. The maximum absolute atomic E-state index is 9.80. The van der Waals surface area contributed by atoms with Gasteiger partial charge >= 0.3 is 0 Å². The minimum absolute atomic E-state index is 0.0485. The second kappa shape index (κ2) is 13.6. The van der Waals surface area contributed by atoms with Crippen LogP contribution >= 0.6 is 12.8 Å². The second-order valence-electron chi connectivity index (χ2n) is 7.18. The van der Waals surface area contributed by atoms with Gasteiger partial charge in [-0.3, -0.25) is 0 Å². The van der Waals surface area contributed by atoms with Gasteiger partial charge in [0.15, 0.2) is 6.29 Å². The average Bonchev–Trinajstić information content (AvgIpc) is 2.59. The Kier molecular flexibility index (Phi) is 13.3. The van der Waals surface area contributed by atoms with E-state index in [1.165, 1.54) is 5.56 Å². The Morgan fingerprint density at radius 3 is 2.12 bits per heavy atom. The highest BCUT2D eigenvalue weighted by Gasteiger charge is 2.31. The number of hydrogen-bond acceptors (Lipinski definition) is 4. The van der Waals surface area contributed by atoms with E-state index in [0.29, 0.717) is 0 Å². The zero-order valence-corrected chi connectivity index (χ0v) is 18.0. The summed E-state index contributed by atoms with van der Waals surface area (Å²) in [7, 11) is 0.